The molecule has 2 aromatic carbocycles. The van der Waals surface area contributed by atoms with Gasteiger partial charge in [-0.25, -0.2) is 0 Å². The Morgan fingerprint density at radius 2 is 1.77 bits per heavy atom. The Bertz CT molecular complexity index is 970. The number of amides is 2. The van der Waals surface area contributed by atoms with Crippen LogP contribution in [0.3, 0.4) is 0 Å². The maximum absolute atomic E-state index is 12.8. The molecule has 2 amide bonds. The van der Waals surface area contributed by atoms with Gasteiger partial charge in [0.15, 0.2) is 0 Å². The van der Waals surface area contributed by atoms with Gasteiger partial charge in [0.05, 0.1) is 0 Å². The number of benzene rings is 2. The molecule has 0 spiro atoms. The summed E-state index contributed by atoms with van der Waals surface area (Å²) in [6.45, 7) is 1.45. The van der Waals surface area contributed by atoms with Crippen LogP contribution >= 0.6 is 0 Å². The van der Waals surface area contributed by atoms with E-state index in [4.69, 9.17) is 4.42 Å². The van der Waals surface area contributed by atoms with E-state index in [2.05, 4.69) is 10.6 Å². The molecule has 5 nitrogen and oxygen atoms in total. The third kappa shape index (κ3) is 3.17. The quantitative estimate of drug-likeness (QED) is 0.740. The molecule has 0 saturated heterocycles. The van der Waals surface area contributed by atoms with E-state index in [0.29, 0.717) is 5.69 Å². The van der Waals surface area contributed by atoms with Crippen molar-refractivity contribution in [1.29, 1.82) is 0 Å². The van der Waals surface area contributed by atoms with Crippen LogP contribution in [0, 0.1) is 5.92 Å². The molecule has 1 aliphatic rings. The average molecular weight is 350 g/mol. The zero-order chi connectivity index (χ0) is 18.1. The first-order valence-electron chi connectivity index (χ1n) is 9.11. The lowest BCUT2D eigenvalue weighted by molar-refractivity contribution is -0.126. The van der Waals surface area contributed by atoms with Gasteiger partial charge in [0.25, 0.3) is 0 Å². The molecule has 1 aliphatic carbocycles. The number of furan rings is 1. The summed E-state index contributed by atoms with van der Waals surface area (Å²) in [5.74, 6) is -0.138. The van der Waals surface area contributed by atoms with Gasteiger partial charge in [-0.3, -0.25) is 9.59 Å². The Morgan fingerprint density at radius 1 is 1.04 bits per heavy atom. The van der Waals surface area contributed by atoms with Gasteiger partial charge < -0.3 is 15.1 Å². The van der Waals surface area contributed by atoms with Crippen LogP contribution in [0.5, 0.6) is 0 Å². The molecule has 1 fully saturated rings. The first kappa shape index (κ1) is 16.6. The van der Waals surface area contributed by atoms with Gasteiger partial charge in [0.2, 0.25) is 11.8 Å². The largest absolute Gasteiger partial charge is 0.456 e. The van der Waals surface area contributed by atoms with Crippen molar-refractivity contribution in [3.63, 3.8) is 0 Å². The Labute approximate surface area is 151 Å². The summed E-state index contributed by atoms with van der Waals surface area (Å²) in [5, 5.41) is 7.85. The lowest BCUT2D eigenvalue weighted by atomic mass is 9.97. The predicted octanol–water partition coefficient (Wildman–Crippen LogP) is 4.22. The number of nitrogens with one attached hydrogen (secondary N) is 2. The number of hydrogen-bond donors (Lipinski definition) is 2. The van der Waals surface area contributed by atoms with E-state index in [1.54, 1.807) is 0 Å². The molecule has 1 atom stereocenters. The highest BCUT2D eigenvalue weighted by Gasteiger charge is 2.31. The average Bonchev–Trinajstić information content (AvgIpc) is 3.26. The fourth-order valence-corrected chi connectivity index (χ4v) is 3.93. The molecule has 0 aliphatic heterocycles. The third-order valence-electron chi connectivity index (χ3n) is 5.16. The van der Waals surface area contributed by atoms with Gasteiger partial charge in [0, 0.05) is 29.4 Å². The summed E-state index contributed by atoms with van der Waals surface area (Å²) in [5.41, 5.74) is 2.24. The topological polar surface area (TPSA) is 71.3 Å². The molecule has 26 heavy (non-hydrogen) atoms. The number of anilines is 1. The Morgan fingerprint density at radius 3 is 2.54 bits per heavy atom. The summed E-state index contributed by atoms with van der Waals surface area (Å²) >= 11 is 0. The fraction of sp³-hybridized carbons (Fsp3) is 0.333. The van der Waals surface area contributed by atoms with E-state index in [0.717, 1.165) is 47.6 Å². The predicted molar refractivity (Wildman–Crippen MR) is 102 cm³/mol. The van der Waals surface area contributed by atoms with Crippen LogP contribution in [0.1, 0.15) is 32.6 Å². The maximum Gasteiger partial charge on any atom is 0.247 e. The van der Waals surface area contributed by atoms with Gasteiger partial charge in [-0.1, -0.05) is 31.0 Å². The molecule has 1 heterocycles. The van der Waals surface area contributed by atoms with Crippen LogP contribution in [0.15, 0.2) is 46.9 Å². The minimum Gasteiger partial charge on any atom is -0.456 e. The molecule has 4 rings (SSSR count). The van der Waals surface area contributed by atoms with E-state index in [1.165, 1.54) is 6.92 Å². The van der Waals surface area contributed by atoms with E-state index in [1.807, 2.05) is 42.5 Å². The minimum atomic E-state index is -0.485. The molecule has 2 N–H and O–H groups in total. The summed E-state index contributed by atoms with van der Waals surface area (Å²) in [6, 6.07) is 13.1. The highest BCUT2D eigenvalue weighted by atomic mass is 16.3. The van der Waals surface area contributed by atoms with E-state index in [9.17, 15) is 9.59 Å². The second-order valence-corrected chi connectivity index (χ2v) is 7.02. The van der Waals surface area contributed by atoms with Crippen LogP contribution in [0.4, 0.5) is 5.69 Å². The molecular weight excluding hydrogens is 328 g/mol. The standard InChI is InChI=1S/C21H22N2O3/c1-13(24)22-20(14-6-2-3-7-14)21(25)23-15-10-11-17-16-8-4-5-9-18(16)26-19(17)12-15/h4-5,8-12,14,20H,2-3,6-7H2,1H3,(H,22,24)(H,23,25). The SMILES string of the molecule is CC(=O)NC(C(=O)Nc1ccc2c(c1)oc1ccccc12)C1CCCC1. The number of fused-ring (bicyclic) bond motifs is 3. The molecule has 1 unspecified atom stereocenters. The number of carbonyl (C=O) groups excluding carboxylic acids is 2. The van der Waals surface area contributed by atoms with Crippen molar-refractivity contribution in [3.05, 3.63) is 42.5 Å². The summed E-state index contributed by atoms with van der Waals surface area (Å²) in [4.78, 5) is 24.3. The first-order chi connectivity index (χ1) is 12.6. The normalized spacial score (nSPS) is 16.0. The van der Waals surface area contributed by atoms with Gasteiger partial charge >= 0.3 is 0 Å². The van der Waals surface area contributed by atoms with Crippen LogP contribution < -0.4 is 10.6 Å². The monoisotopic (exact) mass is 350 g/mol. The van der Waals surface area contributed by atoms with Gasteiger partial charge in [-0.05, 0) is 37.0 Å². The molecular formula is C21H22N2O3. The van der Waals surface area contributed by atoms with Crippen LogP contribution in [0.25, 0.3) is 21.9 Å². The minimum absolute atomic E-state index is 0.164. The Hall–Kier alpha value is -2.82. The lowest BCUT2D eigenvalue weighted by Crippen LogP contribution is -2.47. The zero-order valence-corrected chi connectivity index (χ0v) is 14.7. The van der Waals surface area contributed by atoms with E-state index < -0.39 is 6.04 Å². The lowest BCUT2D eigenvalue weighted by Gasteiger charge is -2.23. The van der Waals surface area contributed by atoms with Crippen LogP contribution in [-0.2, 0) is 9.59 Å². The second kappa shape index (κ2) is 6.83. The number of hydrogen-bond acceptors (Lipinski definition) is 3. The summed E-state index contributed by atoms with van der Waals surface area (Å²) < 4.78 is 5.88. The van der Waals surface area contributed by atoms with Crippen molar-refractivity contribution >= 4 is 39.4 Å². The summed E-state index contributed by atoms with van der Waals surface area (Å²) in [6.07, 6.45) is 4.17. The van der Waals surface area contributed by atoms with Crippen molar-refractivity contribution in [2.45, 2.75) is 38.6 Å². The van der Waals surface area contributed by atoms with E-state index >= 15 is 0 Å². The van der Waals surface area contributed by atoms with Crippen molar-refractivity contribution in [1.82, 2.24) is 5.32 Å². The zero-order valence-electron chi connectivity index (χ0n) is 14.7. The second-order valence-electron chi connectivity index (χ2n) is 7.02. The third-order valence-corrected chi connectivity index (χ3v) is 5.16. The van der Waals surface area contributed by atoms with Crippen molar-refractivity contribution in [2.24, 2.45) is 5.92 Å². The number of para-hydroxylation sites is 1. The smallest absolute Gasteiger partial charge is 0.247 e. The van der Waals surface area contributed by atoms with E-state index in [-0.39, 0.29) is 17.7 Å². The van der Waals surface area contributed by atoms with Crippen LogP contribution in [0.2, 0.25) is 0 Å². The maximum atomic E-state index is 12.8. The molecule has 0 radical (unpaired) electrons. The molecule has 134 valence electrons. The van der Waals surface area contributed by atoms with Crippen molar-refractivity contribution in [3.8, 4) is 0 Å². The first-order valence-corrected chi connectivity index (χ1v) is 9.11. The van der Waals surface area contributed by atoms with Crippen molar-refractivity contribution in [2.75, 3.05) is 5.32 Å². The summed E-state index contributed by atoms with van der Waals surface area (Å²) in [7, 11) is 0. The van der Waals surface area contributed by atoms with Gasteiger partial charge in [-0.15, -0.1) is 0 Å². The van der Waals surface area contributed by atoms with Gasteiger partial charge in [-0.2, -0.15) is 0 Å². The highest BCUT2D eigenvalue weighted by molar-refractivity contribution is 6.06. The number of carbonyl (C=O) groups is 2. The molecule has 0 bridgehead atoms. The molecule has 3 aromatic rings. The van der Waals surface area contributed by atoms with Crippen molar-refractivity contribution < 1.29 is 14.0 Å². The fourth-order valence-electron chi connectivity index (χ4n) is 3.93. The van der Waals surface area contributed by atoms with Gasteiger partial charge in [0.1, 0.15) is 17.2 Å². The molecule has 1 aromatic heterocycles. The Kier molecular flexibility index (Phi) is 4.37. The highest BCUT2D eigenvalue weighted by Crippen LogP contribution is 2.31. The number of rotatable bonds is 4. The molecule has 5 heteroatoms. The van der Waals surface area contributed by atoms with Crippen LogP contribution in [-0.4, -0.2) is 17.9 Å². The Balaban J connectivity index is 1.59. The molecule has 1 saturated carbocycles.